The first kappa shape index (κ1) is 18.7. The van der Waals surface area contributed by atoms with Crippen molar-refractivity contribution in [3.8, 4) is 0 Å². The van der Waals surface area contributed by atoms with E-state index in [4.69, 9.17) is 9.47 Å². The van der Waals surface area contributed by atoms with E-state index in [0.29, 0.717) is 17.8 Å². The fourth-order valence-corrected chi connectivity index (χ4v) is 1.83. The number of allylic oxidation sites excluding steroid dienone is 2. The second-order valence-corrected chi connectivity index (χ2v) is 4.47. The van der Waals surface area contributed by atoms with E-state index in [0.717, 1.165) is 7.11 Å². The zero-order valence-electron chi connectivity index (χ0n) is 13.4. The Labute approximate surface area is 133 Å². The van der Waals surface area contributed by atoms with E-state index in [9.17, 15) is 13.2 Å². The van der Waals surface area contributed by atoms with Crippen LogP contribution in [0.5, 0.6) is 0 Å². The van der Waals surface area contributed by atoms with Crippen LogP contribution in [0.15, 0.2) is 52.7 Å². The van der Waals surface area contributed by atoms with E-state index in [2.05, 4.69) is 9.98 Å². The van der Waals surface area contributed by atoms with E-state index in [1.165, 1.54) is 19.4 Å². The molecule has 4 nitrogen and oxygen atoms in total. The minimum atomic E-state index is -4.67. The molecule has 0 amide bonds. The summed E-state index contributed by atoms with van der Waals surface area (Å²) in [5.74, 6) is -0.892. The van der Waals surface area contributed by atoms with E-state index in [1.807, 2.05) is 0 Å². The fourth-order valence-electron chi connectivity index (χ4n) is 1.83. The van der Waals surface area contributed by atoms with Crippen molar-refractivity contribution in [1.82, 2.24) is 4.98 Å². The number of ether oxygens (including phenoxy) is 2. The molecule has 1 aromatic heterocycles. The zero-order chi connectivity index (χ0) is 17.5. The van der Waals surface area contributed by atoms with E-state index in [-0.39, 0.29) is 5.76 Å². The molecule has 7 heteroatoms. The molecule has 0 N–H and O–H groups in total. The highest BCUT2D eigenvalue weighted by Crippen LogP contribution is 2.35. The van der Waals surface area contributed by atoms with Gasteiger partial charge in [0.05, 0.1) is 25.6 Å². The van der Waals surface area contributed by atoms with Crippen molar-refractivity contribution in [2.75, 3.05) is 14.2 Å². The van der Waals surface area contributed by atoms with Gasteiger partial charge in [0.1, 0.15) is 5.76 Å². The zero-order valence-corrected chi connectivity index (χ0v) is 13.4. The summed E-state index contributed by atoms with van der Waals surface area (Å²) in [5, 5.41) is 0. The SMILES string of the molecule is CC/C=C(OC)/C(=C(\N=C(C)c1ccccn1)OC)C(F)(F)F. The summed E-state index contributed by atoms with van der Waals surface area (Å²) in [7, 11) is 2.31. The first-order valence-corrected chi connectivity index (χ1v) is 6.91. The highest BCUT2D eigenvalue weighted by Gasteiger charge is 2.41. The Bertz CT molecular complexity index is 606. The Kier molecular flexibility index (Phi) is 6.81. The Hall–Kier alpha value is -2.31. The van der Waals surface area contributed by atoms with Gasteiger partial charge in [-0.3, -0.25) is 4.98 Å². The standard InChI is InChI=1S/C16H19F3N2O2/c1-5-8-13(22-3)14(16(17,18)19)15(23-4)21-11(2)12-9-6-7-10-20-12/h6-10H,5H2,1-4H3/b13-8-,15-14-,21-11?. The summed E-state index contributed by atoms with van der Waals surface area (Å²) in [6.07, 6.45) is -1.43. The largest absolute Gasteiger partial charge is 0.496 e. The molecule has 1 rings (SSSR count). The van der Waals surface area contributed by atoms with Crippen LogP contribution in [0.1, 0.15) is 26.0 Å². The van der Waals surface area contributed by atoms with Crippen molar-refractivity contribution in [2.45, 2.75) is 26.4 Å². The molecule has 0 radical (unpaired) electrons. The number of halogens is 3. The van der Waals surface area contributed by atoms with Crippen LogP contribution in [0.25, 0.3) is 0 Å². The summed E-state index contributed by atoms with van der Waals surface area (Å²) < 4.78 is 50.0. The Morgan fingerprint density at radius 1 is 1.26 bits per heavy atom. The fraction of sp³-hybridized carbons (Fsp3) is 0.375. The average molecular weight is 328 g/mol. The number of aromatic nitrogens is 1. The van der Waals surface area contributed by atoms with Crippen molar-refractivity contribution in [1.29, 1.82) is 0 Å². The van der Waals surface area contributed by atoms with Crippen LogP contribution >= 0.6 is 0 Å². The first-order valence-electron chi connectivity index (χ1n) is 6.91. The van der Waals surface area contributed by atoms with Gasteiger partial charge in [0, 0.05) is 6.20 Å². The van der Waals surface area contributed by atoms with Gasteiger partial charge in [0.2, 0.25) is 5.88 Å². The highest BCUT2D eigenvalue weighted by molar-refractivity contribution is 5.97. The second kappa shape index (κ2) is 8.36. The molecule has 0 bridgehead atoms. The van der Waals surface area contributed by atoms with Crippen LogP contribution in [0.2, 0.25) is 0 Å². The van der Waals surface area contributed by atoms with Gasteiger partial charge in [-0.2, -0.15) is 13.2 Å². The molecule has 0 unspecified atom stereocenters. The maximum absolute atomic E-state index is 13.4. The Balaban J connectivity index is 3.49. The van der Waals surface area contributed by atoms with Gasteiger partial charge in [-0.15, -0.1) is 0 Å². The number of hydrogen-bond donors (Lipinski definition) is 0. The number of nitrogens with zero attached hydrogens (tertiary/aromatic N) is 2. The van der Waals surface area contributed by atoms with Crippen LogP contribution in [0.3, 0.4) is 0 Å². The van der Waals surface area contributed by atoms with Crippen molar-refractivity contribution in [2.24, 2.45) is 4.99 Å². The topological polar surface area (TPSA) is 43.7 Å². The molecule has 0 aliphatic rings. The Morgan fingerprint density at radius 3 is 2.39 bits per heavy atom. The van der Waals surface area contributed by atoms with Gasteiger partial charge >= 0.3 is 6.18 Å². The lowest BCUT2D eigenvalue weighted by Gasteiger charge is -2.17. The number of hydrogen-bond acceptors (Lipinski definition) is 4. The molecular weight excluding hydrogens is 309 g/mol. The third-order valence-corrected chi connectivity index (χ3v) is 2.85. The van der Waals surface area contributed by atoms with Crippen molar-refractivity contribution < 1.29 is 22.6 Å². The van der Waals surface area contributed by atoms with Crippen LogP contribution in [-0.4, -0.2) is 31.1 Å². The maximum Gasteiger partial charge on any atom is 0.425 e. The van der Waals surface area contributed by atoms with Gasteiger partial charge in [-0.05, 0) is 31.6 Å². The molecule has 0 spiro atoms. The first-order chi connectivity index (χ1) is 10.8. The predicted molar refractivity (Wildman–Crippen MR) is 81.9 cm³/mol. The minimum absolute atomic E-state index is 0.302. The summed E-state index contributed by atoms with van der Waals surface area (Å²) >= 11 is 0. The third-order valence-electron chi connectivity index (χ3n) is 2.85. The quantitative estimate of drug-likeness (QED) is 0.445. The molecule has 0 fully saturated rings. The molecule has 0 saturated carbocycles. The van der Waals surface area contributed by atoms with Gasteiger partial charge in [-0.1, -0.05) is 13.0 Å². The highest BCUT2D eigenvalue weighted by atomic mass is 19.4. The predicted octanol–water partition coefficient (Wildman–Crippen LogP) is 4.25. The average Bonchev–Trinajstić information content (AvgIpc) is 2.52. The van der Waals surface area contributed by atoms with Crippen molar-refractivity contribution in [3.63, 3.8) is 0 Å². The smallest absolute Gasteiger partial charge is 0.425 e. The van der Waals surface area contributed by atoms with Gasteiger partial charge < -0.3 is 9.47 Å². The lowest BCUT2D eigenvalue weighted by Crippen LogP contribution is -2.18. The molecule has 23 heavy (non-hydrogen) atoms. The molecule has 0 aromatic carbocycles. The van der Waals surface area contributed by atoms with E-state index < -0.39 is 17.6 Å². The van der Waals surface area contributed by atoms with Crippen LogP contribution in [0.4, 0.5) is 13.2 Å². The molecule has 0 aliphatic carbocycles. The molecule has 1 aromatic rings. The monoisotopic (exact) mass is 328 g/mol. The van der Waals surface area contributed by atoms with Crippen LogP contribution in [0, 0.1) is 0 Å². The number of aliphatic imine (C=N–C) groups is 1. The maximum atomic E-state index is 13.4. The van der Waals surface area contributed by atoms with E-state index in [1.54, 1.807) is 32.0 Å². The summed E-state index contributed by atoms with van der Waals surface area (Å²) in [6.45, 7) is 3.27. The second-order valence-electron chi connectivity index (χ2n) is 4.47. The van der Waals surface area contributed by atoms with Crippen LogP contribution in [-0.2, 0) is 9.47 Å². The third kappa shape index (κ3) is 5.12. The summed E-state index contributed by atoms with van der Waals surface area (Å²) in [6, 6.07) is 5.08. The molecule has 0 aliphatic heterocycles. The number of pyridine rings is 1. The lowest BCUT2D eigenvalue weighted by molar-refractivity contribution is -0.0966. The van der Waals surface area contributed by atoms with Gasteiger partial charge in [0.15, 0.2) is 5.57 Å². The van der Waals surface area contributed by atoms with E-state index >= 15 is 0 Å². The molecular formula is C16H19F3N2O2. The molecule has 0 saturated heterocycles. The van der Waals surface area contributed by atoms with Crippen molar-refractivity contribution >= 4 is 5.71 Å². The molecule has 126 valence electrons. The number of rotatable bonds is 6. The minimum Gasteiger partial charge on any atom is -0.496 e. The normalized spacial score (nSPS) is 14.4. The number of alkyl halides is 3. The summed E-state index contributed by atoms with van der Waals surface area (Å²) in [5.41, 5.74) is -0.294. The summed E-state index contributed by atoms with van der Waals surface area (Å²) in [4.78, 5) is 8.01. The van der Waals surface area contributed by atoms with Gasteiger partial charge in [-0.25, -0.2) is 4.99 Å². The molecule has 1 heterocycles. The van der Waals surface area contributed by atoms with Crippen LogP contribution < -0.4 is 0 Å². The number of methoxy groups -OCH3 is 2. The van der Waals surface area contributed by atoms with Crippen molar-refractivity contribution in [3.05, 3.63) is 53.4 Å². The Morgan fingerprint density at radius 2 is 1.96 bits per heavy atom. The van der Waals surface area contributed by atoms with Gasteiger partial charge in [0.25, 0.3) is 0 Å². The lowest BCUT2D eigenvalue weighted by atomic mass is 10.2. The molecule has 0 atom stereocenters.